The van der Waals surface area contributed by atoms with Gasteiger partial charge in [-0.15, -0.1) is 0 Å². The average molecular weight is 276 g/mol. The van der Waals surface area contributed by atoms with Gasteiger partial charge in [0.2, 0.25) is 0 Å². The highest BCUT2D eigenvalue weighted by molar-refractivity contribution is 5.89. The van der Waals surface area contributed by atoms with E-state index in [0.717, 1.165) is 6.07 Å². The smallest absolute Gasteiger partial charge is 0.312 e. The summed E-state index contributed by atoms with van der Waals surface area (Å²) in [5.74, 6) is -1.42. The van der Waals surface area contributed by atoms with Crippen molar-refractivity contribution in [3.05, 3.63) is 35.1 Å². The van der Waals surface area contributed by atoms with Crippen LogP contribution in [0.2, 0.25) is 0 Å². The van der Waals surface area contributed by atoms with Crippen molar-refractivity contribution in [3.63, 3.8) is 0 Å². The fourth-order valence-corrected chi connectivity index (χ4v) is 2.07. The molecule has 2 N–H and O–H groups in total. The van der Waals surface area contributed by atoms with Crippen LogP contribution < -0.4 is 5.73 Å². The average Bonchev–Trinajstić information content (AvgIpc) is 2.31. The maximum Gasteiger partial charge on any atom is 0.416 e. The molecule has 0 spiro atoms. The quantitative estimate of drug-likeness (QED) is 0.660. The molecule has 0 radical (unpaired) electrons. The molecule has 1 rings (SSSR count). The third kappa shape index (κ3) is 3.76. The zero-order valence-corrected chi connectivity index (χ0v) is 10.8. The van der Waals surface area contributed by atoms with E-state index in [-0.39, 0.29) is 12.2 Å². The Labute approximate surface area is 109 Å². The van der Waals surface area contributed by atoms with Gasteiger partial charge in [0.05, 0.1) is 12.2 Å². The number of aliphatic imine (C=N–C) groups is 1. The van der Waals surface area contributed by atoms with Gasteiger partial charge in [-0.2, -0.15) is 13.2 Å². The zero-order chi connectivity index (χ0) is 14.6. The molecule has 1 unspecified atom stereocenters. The molecule has 0 aliphatic heterocycles. The largest absolute Gasteiger partial charge is 0.416 e. The van der Waals surface area contributed by atoms with E-state index in [9.17, 15) is 17.6 Å². The lowest BCUT2D eigenvalue weighted by Crippen LogP contribution is -2.17. The van der Waals surface area contributed by atoms with E-state index in [2.05, 4.69) is 4.99 Å². The number of alkyl halides is 3. The van der Waals surface area contributed by atoms with Crippen LogP contribution in [0.3, 0.4) is 0 Å². The van der Waals surface area contributed by atoms with E-state index in [4.69, 9.17) is 5.73 Å². The third-order valence-electron chi connectivity index (χ3n) is 2.95. The van der Waals surface area contributed by atoms with Crippen LogP contribution in [0.15, 0.2) is 23.2 Å². The van der Waals surface area contributed by atoms with Crippen LogP contribution in [0.25, 0.3) is 0 Å². The number of nitrogens with two attached hydrogens (primary N) is 1. The van der Waals surface area contributed by atoms with Gasteiger partial charge >= 0.3 is 6.18 Å². The molecule has 2 nitrogen and oxygen atoms in total. The minimum atomic E-state index is -4.59. The van der Waals surface area contributed by atoms with E-state index in [1.165, 1.54) is 6.07 Å². The van der Waals surface area contributed by atoms with E-state index in [0.29, 0.717) is 18.2 Å². The molecule has 0 saturated heterocycles. The van der Waals surface area contributed by atoms with Crippen molar-refractivity contribution < 1.29 is 17.6 Å². The van der Waals surface area contributed by atoms with Crippen molar-refractivity contribution in [2.45, 2.75) is 32.4 Å². The Hall–Kier alpha value is -1.43. The molecule has 0 aliphatic carbocycles. The number of halogens is 4. The van der Waals surface area contributed by atoms with Crippen molar-refractivity contribution in [3.8, 4) is 0 Å². The lowest BCUT2D eigenvalue weighted by Gasteiger charge is -2.20. The van der Waals surface area contributed by atoms with E-state index in [1.54, 1.807) is 13.8 Å². The van der Waals surface area contributed by atoms with Gasteiger partial charge in [0.1, 0.15) is 5.82 Å². The number of rotatable bonds is 4. The van der Waals surface area contributed by atoms with Crippen LogP contribution in [-0.2, 0) is 6.18 Å². The van der Waals surface area contributed by atoms with Crippen molar-refractivity contribution in [1.82, 2.24) is 0 Å². The van der Waals surface area contributed by atoms with Gasteiger partial charge in [-0.05, 0) is 31.0 Å². The minimum Gasteiger partial charge on any atom is -0.312 e. The standard InChI is InChI=1S/C13H16F4N2/c1-3-10(8(2)19-7-18)11-5-4-9(14)6-12(11)13(15,16)17/h4-6,10H,3,7,18H2,1-2H3. The molecule has 1 aromatic rings. The molecule has 0 bridgehead atoms. The first-order chi connectivity index (χ1) is 8.81. The van der Waals surface area contributed by atoms with Crippen molar-refractivity contribution >= 4 is 5.71 Å². The van der Waals surface area contributed by atoms with E-state index >= 15 is 0 Å². The Morgan fingerprint density at radius 2 is 2.00 bits per heavy atom. The Kier molecular flexibility index (Phi) is 5.05. The fourth-order valence-electron chi connectivity index (χ4n) is 2.07. The van der Waals surface area contributed by atoms with Gasteiger partial charge in [-0.1, -0.05) is 13.0 Å². The molecule has 0 amide bonds. The minimum absolute atomic E-state index is 0.0187. The normalized spacial score (nSPS) is 14.6. The van der Waals surface area contributed by atoms with Crippen LogP contribution in [0.4, 0.5) is 17.6 Å². The molecule has 1 aromatic carbocycles. The number of hydrogen-bond donors (Lipinski definition) is 1. The number of benzene rings is 1. The van der Waals surface area contributed by atoms with Crippen molar-refractivity contribution in [2.75, 3.05) is 6.67 Å². The molecule has 0 aliphatic rings. The summed E-state index contributed by atoms with van der Waals surface area (Å²) in [5.41, 5.74) is 4.87. The van der Waals surface area contributed by atoms with E-state index < -0.39 is 23.5 Å². The summed E-state index contributed by atoms with van der Waals surface area (Å²) in [6.45, 7) is 3.40. The Morgan fingerprint density at radius 1 is 1.37 bits per heavy atom. The third-order valence-corrected chi connectivity index (χ3v) is 2.95. The first kappa shape index (κ1) is 15.6. The molecular weight excluding hydrogens is 260 g/mol. The molecule has 1 atom stereocenters. The number of nitrogens with zero attached hydrogens (tertiary/aromatic N) is 1. The molecule has 6 heteroatoms. The highest BCUT2D eigenvalue weighted by atomic mass is 19.4. The molecule has 0 fully saturated rings. The van der Waals surface area contributed by atoms with Gasteiger partial charge in [0.15, 0.2) is 0 Å². The lowest BCUT2D eigenvalue weighted by atomic mass is 9.88. The van der Waals surface area contributed by atoms with Crippen LogP contribution in [0.5, 0.6) is 0 Å². The summed E-state index contributed by atoms with van der Waals surface area (Å²) in [6, 6.07) is 2.72. The molecule has 19 heavy (non-hydrogen) atoms. The van der Waals surface area contributed by atoms with Gasteiger partial charge in [0.25, 0.3) is 0 Å². The second kappa shape index (κ2) is 6.14. The Morgan fingerprint density at radius 3 is 2.47 bits per heavy atom. The van der Waals surface area contributed by atoms with E-state index in [1.807, 2.05) is 0 Å². The molecular formula is C13H16F4N2. The van der Waals surface area contributed by atoms with Gasteiger partial charge in [0, 0.05) is 11.6 Å². The van der Waals surface area contributed by atoms with Crippen LogP contribution in [0, 0.1) is 5.82 Å². The second-order valence-corrected chi connectivity index (χ2v) is 4.17. The summed E-state index contributed by atoms with van der Waals surface area (Å²) < 4.78 is 51.9. The molecule has 0 heterocycles. The fraction of sp³-hybridized carbons (Fsp3) is 0.462. The predicted octanol–water partition coefficient (Wildman–Crippen LogP) is 3.72. The molecule has 0 aromatic heterocycles. The van der Waals surface area contributed by atoms with Gasteiger partial charge < -0.3 is 5.73 Å². The lowest BCUT2D eigenvalue weighted by molar-refractivity contribution is -0.138. The van der Waals surface area contributed by atoms with Crippen LogP contribution in [-0.4, -0.2) is 12.4 Å². The summed E-state index contributed by atoms with van der Waals surface area (Å²) in [6.07, 6.45) is -4.15. The zero-order valence-electron chi connectivity index (χ0n) is 10.8. The van der Waals surface area contributed by atoms with Gasteiger partial charge in [-0.3, -0.25) is 4.99 Å². The maximum atomic E-state index is 13.0. The van der Waals surface area contributed by atoms with Crippen molar-refractivity contribution in [1.29, 1.82) is 0 Å². The molecule has 106 valence electrons. The predicted molar refractivity (Wildman–Crippen MR) is 66.6 cm³/mol. The molecule has 0 saturated carbocycles. The first-order valence-electron chi connectivity index (χ1n) is 5.88. The topological polar surface area (TPSA) is 38.4 Å². The number of hydrogen-bond acceptors (Lipinski definition) is 2. The summed E-state index contributed by atoms with van der Waals surface area (Å²) >= 11 is 0. The summed E-state index contributed by atoms with van der Waals surface area (Å²) in [5, 5.41) is 0. The Balaban J connectivity index is 3.36. The first-order valence-corrected chi connectivity index (χ1v) is 5.88. The summed E-state index contributed by atoms with van der Waals surface area (Å²) in [4.78, 5) is 3.95. The Bertz CT molecular complexity index is 466. The van der Waals surface area contributed by atoms with Crippen LogP contribution in [0.1, 0.15) is 37.3 Å². The highest BCUT2D eigenvalue weighted by Gasteiger charge is 2.35. The van der Waals surface area contributed by atoms with Crippen molar-refractivity contribution in [2.24, 2.45) is 10.7 Å². The SMILES string of the molecule is CCC(C(C)=NCN)c1ccc(F)cc1C(F)(F)F. The highest BCUT2D eigenvalue weighted by Crippen LogP contribution is 2.37. The maximum absolute atomic E-state index is 13.0. The van der Waals surface area contributed by atoms with Crippen LogP contribution >= 0.6 is 0 Å². The monoisotopic (exact) mass is 276 g/mol. The summed E-state index contributed by atoms with van der Waals surface area (Å²) in [7, 11) is 0. The van der Waals surface area contributed by atoms with Gasteiger partial charge in [-0.25, -0.2) is 4.39 Å². The second-order valence-electron chi connectivity index (χ2n) is 4.17.